The van der Waals surface area contributed by atoms with Crippen LogP contribution < -0.4 is 4.90 Å². The van der Waals surface area contributed by atoms with Crippen LogP contribution in [0.3, 0.4) is 0 Å². The fourth-order valence-corrected chi connectivity index (χ4v) is 4.45. The van der Waals surface area contributed by atoms with Crippen LogP contribution in [0.1, 0.15) is 29.6 Å². The summed E-state index contributed by atoms with van der Waals surface area (Å²) in [6.45, 7) is 1.89. The Balaban J connectivity index is 1.60. The number of likely N-dealkylation sites (tertiary alicyclic amines) is 1. The van der Waals surface area contributed by atoms with Gasteiger partial charge >= 0.3 is 6.09 Å². The molecule has 0 unspecified atom stereocenters. The van der Waals surface area contributed by atoms with Crippen molar-refractivity contribution in [2.45, 2.75) is 24.9 Å². The molecule has 6 nitrogen and oxygen atoms in total. The minimum Gasteiger partial charge on any atom is -0.441 e. The maximum atomic E-state index is 13.4. The molecule has 4 rings (SSSR count). The predicted molar refractivity (Wildman–Crippen MR) is 110 cm³/mol. The molecule has 28 heavy (non-hydrogen) atoms. The van der Waals surface area contributed by atoms with Gasteiger partial charge in [-0.3, -0.25) is 4.79 Å². The molecule has 0 aliphatic carbocycles. The highest BCUT2D eigenvalue weighted by atomic mass is 16.6. The van der Waals surface area contributed by atoms with Gasteiger partial charge in [0, 0.05) is 57.3 Å². The number of ether oxygens (including phenoxy) is 1. The average Bonchev–Trinajstić information content (AvgIpc) is 2.83. The van der Waals surface area contributed by atoms with Crippen molar-refractivity contribution in [2.24, 2.45) is 0 Å². The van der Waals surface area contributed by atoms with Gasteiger partial charge in [0.1, 0.15) is 5.60 Å². The van der Waals surface area contributed by atoms with E-state index < -0.39 is 5.60 Å². The van der Waals surface area contributed by atoms with Gasteiger partial charge in [-0.05, 0) is 30.4 Å². The van der Waals surface area contributed by atoms with Crippen molar-refractivity contribution >= 4 is 28.5 Å². The molecule has 0 N–H and O–H groups in total. The van der Waals surface area contributed by atoms with Gasteiger partial charge in [-0.2, -0.15) is 0 Å². The molecule has 2 heterocycles. The van der Waals surface area contributed by atoms with Crippen LogP contribution in [-0.4, -0.2) is 68.2 Å². The lowest BCUT2D eigenvalue weighted by Gasteiger charge is -2.26. The molecular formula is C22H27N3O3. The molecule has 148 valence electrons. The second kappa shape index (κ2) is 7.00. The fourth-order valence-electron chi connectivity index (χ4n) is 4.45. The lowest BCUT2D eigenvalue weighted by molar-refractivity contribution is 0.0439. The Morgan fingerprint density at radius 1 is 1.07 bits per heavy atom. The van der Waals surface area contributed by atoms with Crippen LogP contribution in [-0.2, 0) is 4.74 Å². The van der Waals surface area contributed by atoms with E-state index in [1.807, 2.05) is 49.3 Å². The first kappa shape index (κ1) is 18.6. The van der Waals surface area contributed by atoms with Gasteiger partial charge in [0.15, 0.2) is 0 Å². The van der Waals surface area contributed by atoms with Crippen molar-refractivity contribution < 1.29 is 14.3 Å². The fraction of sp³-hybridized carbons (Fsp3) is 0.455. The van der Waals surface area contributed by atoms with Gasteiger partial charge in [-0.15, -0.1) is 0 Å². The van der Waals surface area contributed by atoms with E-state index >= 15 is 0 Å². The van der Waals surface area contributed by atoms with Crippen LogP contribution in [0.25, 0.3) is 10.8 Å². The zero-order valence-electron chi connectivity index (χ0n) is 16.8. The molecule has 2 saturated heterocycles. The molecule has 2 amide bonds. The highest BCUT2D eigenvalue weighted by Gasteiger charge is 2.44. The number of carbonyl (C=O) groups is 2. The van der Waals surface area contributed by atoms with Crippen molar-refractivity contribution in [1.29, 1.82) is 0 Å². The van der Waals surface area contributed by atoms with Crippen LogP contribution in [0.2, 0.25) is 0 Å². The van der Waals surface area contributed by atoms with Gasteiger partial charge in [0.2, 0.25) is 0 Å². The molecule has 0 aromatic heterocycles. The molecule has 2 aliphatic rings. The smallest absolute Gasteiger partial charge is 0.410 e. The number of rotatable bonds is 2. The molecule has 0 bridgehead atoms. The number of nitrogens with zero attached hydrogens (tertiary/aromatic N) is 3. The van der Waals surface area contributed by atoms with Crippen molar-refractivity contribution in [3.63, 3.8) is 0 Å². The van der Waals surface area contributed by atoms with Crippen molar-refractivity contribution in [3.05, 3.63) is 42.0 Å². The average molecular weight is 381 g/mol. The monoisotopic (exact) mass is 381 g/mol. The zero-order valence-corrected chi connectivity index (χ0v) is 16.8. The maximum absolute atomic E-state index is 13.4. The third kappa shape index (κ3) is 3.17. The second-order valence-corrected chi connectivity index (χ2v) is 8.13. The van der Waals surface area contributed by atoms with E-state index in [0.717, 1.165) is 34.9 Å². The number of likely N-dealkylation sites (N-methyl/N-ethyl adjacent to an activating group) is 1. The summed E-state index contributed by atoms with van der Waals surface area (Å²) < 4.78 is 5.67. The second-order valence-electron chi connectivity index (χ2n) is 8.13. The molecule has 2 aromatic carbocycles. The Morgan fingerprint density at radius 3 is 2.50 bits per heavy atom. The summed E-state index contributed by atoms with van der Waals surface area (Å²) in [5.41, 5.74) is 1.39. The molecule has 0 radical (unpaired) electrons. The summed E-state index contributed by atoms with van der Waals surface area (Å²) in [5, 5.41) is 2.06. The molecule has 0 saturated carbocycles. The quantitative estimate of drug-likeness (QED) is 0.801. The van der Waals surface area contributed by atoms with Crippen molar-refractivity contribution in [3.8, 4) is 0 Å². The first-order valence-electron chi connectivity index (χ1n) is 9.83. The normalized spacial score (nSPS) is 22.5. The summed E-state index contributed by atoms with van der Waals surface area (Å²) in [6, 6.07) is 12.0. The summed E-state index contributed by atoms with van der Waals surface area (Å²) in [4.78, 5) is 30.8. The minimum absolute atomic E-state index is 0.0521. The first-order chi connectivity index (χ1) is 13.4. The third-order valence-electron chi connectivity index (χ3n) is 5.94. The summed E-state index contributed by atoms with van der Waals surface area (Å²) in [6.07, 6.45) is 2.06. The Bertz CT molecular complexity index is 926. The topological polar surface area (TPSA) is 53.1 Å². The molecule has 1 spiro atoms. The van der Waals surface area contributed by atoms with E-state index in [0.29, 0.717) is 26.1 Å². The van der Waals surface area contributed by atoms with Gasteiger partial charge in [-0.25, -0.2) is 4.79 Å². The lowest BCUT2D eigenvalue weighted by Crippen LogP contribution is -2.36. The number of anilines is 1. The van der Waals surface area contributed by atoms with Crippen LogP contribution in [0.5, 0.6) is 0 Å². The van der Waals surface area contributed by atoms with E-state index in [-0.39, 0.29) is 12.0 Å². The highest BCUT2D eigenvalue weighted by molar-refractivity contribution is 6.10. The number of amides is 2. The first-order valence-corrected chi connectivity index (χ1v) is 9.83. The number of hydrogen-bond donors (Lipinski definition) is 0. The lowest BCUT2D eigenvalue weighted by atomic mass is 9.95. The maximum Gasteiger partial charge on any atom is 0.410 e. The number of hydrogen-bond acceptors (Lipinski definition) is 4. The molecule has 2 aromatic rings. The molecule has 1 atom stereocenters. The summed E-state index contributed by atoms with van der Waals surface area (Å²) >= 11 is 0. The molecule has 2 fully saturated rings. The van der Waals surface area contributed by atoms with Gasteiger partial charge in [0.25, 0.3) is 5.91 Å². The molecular weight excluding hydrogens is 354 g/mol. The number of carbonyl (C=O) groups excluding carboxylic acids is 2. The number of benzene rings is 2. The van der Waals surface area contributed by atoms with E-state index in [1.165, 1.54) is 0 Å². The number of fused-ring (bicyclic) bond motifs is 1. The highest BCUT2D eigenvalue weighted by Crippen LogP contribution is 2.34. The largest absolute Gasteiger partial charge is 0.441 e. The Hall–Kier alpha value is -2.76. The predicted octanol–water partition coefficient (Wildman–Crippen LogP) is 3.35. The SMILES string of the molecule is CN1C[C@@]2(CCCN(C(=O)c3ccc(N(C)C)c4ccccc34)CC2)OC1=O. The van der Waals surface area contributed by atoms with Gasteiger partial charge in [-0.1, -0.05) is 24.3 Å². The Morgan fingerprint density at radius 2 is 1.82 bits per heavy atom. The van der Waals surface area contributed by atoms with Crippen LogP contribution in [0.15, 0.2) is 36.4 Å². The van der Waals surface area contributed by atoms with Crippen molar-refractivity contribution in [2.75, 3.05) is 45.7 Å². The zero-order chi connectivity index (χ0) is 19.9. The van der Waals surface area contributed by atoms with E-state index in [1.54, 1.807) is 11.9 Å². The van der Waals surface area contributed by atoms with E-state index in [2.05, 4.69) is 11.0 Å². The standard InChI is InChI=1S/C22H27N3O3/c1-23(2)19-10-9-18(16-7-4-5-8-17(16)19)20(26)25-13-6-11-22(12-14-25)15-24(3)21(27)28-22/h4-5,7-10H,6,11-15H2,1-3H3/t22-/m0/s1. The van der Waals surface area contributed by atoms with Crippen LogP contribution >= 0.6 is 0 Å². The summed E-state index contributed by atoms with van der Waals surface area (Å²) in [7, 11) is 5.79. The van der Waals surface area contributed by atoms with E-state index in [9.17, 15) is 9.59 Å². The Labute approximate surface area is 165 Å². The minimum atomic E-state index is -0.447. The van der Waals surface area contributed by atoms with Crippen LogP contribution in [0.4, 0.5) is 10.5 Å². The third-order valence-corrected chi connectivity index (χ3v) is 5.94. The Kier molecular flexibility index (Phi) is 4.65. The molecule has 2 aliphatic heterocycles. The van der Waals surface area contributed by atoms with Gasteiger partial charge < -0.3 is 19.4 Å². The van der Waals surface area contributed by atoms with E-state index in [4.69, 9.17) is 4.74 Å². The van der Waals surface area contributed by atoms with Crippen LogP contribution in [0, 0.1) is 0 Å². The van der Waals surface area contributed by atoms with Gasteiger partial charge in [0.05, 0.1) is 6.54 Å². The molecule has 6 heteroatoms. The summed E-state index contributed by atoms with van der Waals surface area (Å²) in [5.74, 6) is 0.0521. The van der Waals surface area contributed by atoms with Crippen molar-refractivity contribution in [1.82, 2.24) is 9.80 Å².